The van der Waals surface area contributed by atoms with E-state index in [2.05, 4.69) is 17.1 Å². The van der Waals surface area contributed by atoms with Gasteiger partial charge in [0.1, 0.15) is 6.10 Å². The van der Waals surface area contributed by atoms with Crippen molar-refractivity contribution in [3.05, 3.63) is 70.7 Å². The van der Waals surface area contributed by atoms with Gasteiger partial charge in [0.2, 0.25) is 5.91 Å². The maximum Gasteiger partial charge on any atom is 0.259 e. The fourth-order valence-corrected chi connectivity index (χ4v) is 5.65. The van der Waals surface area contributed by atoms with Crippen LogP contribution in [0.25, 0.3) is 21.0 Å². The van der Waals surface area contributed by atoms with Gasteiger partial charge in [-0.2, -0.15) is 0 Å². The zero-order chi connectivity index (χ0) is 22.1. The number of para-hydroxylation sites is 1. The number of ether oxygens (including phenoxy) is 1. The first-order valence-electron chi connectivity index (χ1n) is 10.9. The number of morpholine rings is 1. The average Bonchev–Trinajstić information content (AvgIpc) is 3.41. The molecule has 32 heavy (non-hydrogen) atoms. The second kappa shape index (κ2) is 8.76. The van der Waals surface area contributed by atoms with Crippen LogP contribution in [0.15, 0.2) is 54.7 Å². The second-order valence-corrected chi connectivity index (χ2v) is 9.17. The van der Waals surface area contributed by atoms with Crippen LogP contribution in [0.5, 0.6) is 0 Å². The molecule has 3 N–H and O–H groups in total. The van der Waals surface area contributed by atoms with Crippen LogP contribution < -0.4 is 5.73 Å². The molecule has 2 aromatic carbocycles. The molecular weight excluding hydrogens is 422 g/mol. The van der Waals surface area contributed by atoms with Crippen molar-refractivity contribution in [1.29, 1.82) is 0 Å². The number of hydrogen-bond acceptors (Lipinski definition) is 4. The highest BCUT2D eigenvalue weighted by Crippen LogP contribution is 2.38. The minimum Gasteiger partial charge on any atom is -0.370 e. The number of nitrogens with one attached hydrogen (secondary N) is 1. The fraction of sp³-hybridized carbons (Fsp3) is 0.280. The SMILES string of the molecule is NC(=O)c1sc2ccccc2c1[C@@H]1CN(C(=O)CCCc2c[nH]c3ccccc23)CCO1. The van der Waals surface area contributed by atoms with Gasteiger partial charge in [0.15, 0.2) is 0 Å². The smallest absolute Gasteiger partial charge is 0.259 e. The first-order chi connectivity index (χ1) is 15.6. The predicted octanol–water partition coefficient (Wildman–Crippen LogP) is 4.40. The molecule has 0 spiro atoms. The molecule has 2 amide bonds. The lowest BCUT2D eigenvalue weighted by atomic mass is 10.0. The Balaban J connectivity index is 1.27. The molecule has 0 radical (unpaired) electrons. The Morgan fingerprint density at radius 1 is 1.12 bits per heavy atom. The van der Waals surface area contributed by atoms with E-state index in [1.165, 1.54) is 22.3 Å². The summed E-state index contributed by atoms with van der Waals surface area (Å²) in [5, 5.41) is 2.19. The van der Waals surface area contributed by atoms with E-state index in [4.69, 9.17) is 10.5 Å². The van der Waals surface area contributed by atoms with Crippen LogP contribution in [0.1, 0.15) is 39.7 Å². The molecule has 3 heterocycles. The van der Waals surface area contributed by atoms with Crippen LogP contribution in [-0.2, 0) is 16.0 Å². The minimum absolute atomic E-state index is 0.123. The third-order valence-corrected chi connectivity index (χ3v) is 7.31. The molecule has 4 aromatic rings. The maximum absolute atomic E-state index is 13.0. The molecule has 6 nitrogen and oxygen atoms in total. The topological polar surface area (TPSA) is 88.4 Å². The van der Waals surface area contributed by atoms with Crippen LogP contribution in [0, 0.1) is 0 Å². The van der Waals surface area contributed by atoms with Crippen molar-refractivity contribution in [2.24, 2.45) is 5.73 Å². The van der Waals surface area contributed by atoms with E-state index in [0.717, 1.165) is 34.0 Å². The Kier molecular flexibility index (Phi) is 5.68. The summed E-state index contributed by atoms with van der Waals surface area (Å²) >= 11 is 1.39. The van der Waals surface area contributed by atoms with Crippen molar-refractivity contribution < 1.29 is 14.3 Å². The highest BCUT2D eigenvalue weighted by Gasteiger charge is 2.30. The van der Waals surface area contributed by atoms with Crippen LogP contribution >= 0.6 is 11.3 Å². The summed E-state index contributed by atoms with van der Waals surface area (Å²) in [6.45, 7) is 1.45. The summed E-state index contributed by atoms with van der Waals surface area (Å²) in [5.41, 5.74) is 8.84. The summed E-state index contributed by atoms with van der Waals surface area (Å²) in [5.74, 6) is -0.328. The number of fused-ring (bicyclic) bond motifs is 2. The zero-order valence-corrected chi connectivity index (χ0v) is 18.5. The van der Waals surface area contributed by atoms with E-state index in [-0.39, 0.29) is 12.0 Å². The van der Waals surface area contributed by atoms with Gasteiger partial charge in [-0.05, 0) is 35.9 Å². The molecule has 7 heteroatoms. The number of aromatic nitrogens is 1. The predicted molar refractivity (Wildman–Crippen MR) is 127 cm³/mol. The summed E-state index contributed by atoms with van der Waals surface area (Å²) in [4.78, 5) is 30.7. The lowest BCUT2D eigenvalue weighted by molar-refractivity contribution is -0.139. The highest BCUT2D eigenvalue weighted by molar-refractivity contribution is 7.21. The van der Waals surface area contributed by atoms with Crippen LogP contribution in [0.3, 0.4) is 0 Å². The minimum atomic E-state index is -0.452. The van der Waals surface area contributed by atoms with Crippen molar-refractivity contribution in [3.8, 4) is 0 Å². The Morgan fingerprint density at radius 3 is 2.75 bits per heavy atom. The third-order valence-electron chi connectivity index (χ3n) is 6.11. The molecule has 0 unspecified atom stereocenters. The van der Waals surface area contributed by atoms with Crippen molar-refractivity contribution >= 4 is 44.1 Å². The van der Waals surface area contributed by atoms with Gasteiger partial charge in [-0.25, -0.2) is 0 Å². The number of H-pyrrole nitrogens is 1. The normalized spacial score (nSPS) is 16.6. The van der Waals surface area contributed by atoms with E-state index < -0.39 is 5.91 Å². The summed E-state index contributed by atoms with van der Waals surface area (Å²) in [7, 11) is 0. The largest absolute Gasteiger partial charge is 0.370 e. The third kappa shape index (κ3) is 3.89. The number of primary amides is 1. The molecule has 0 saturated carbocycles. The summed E-state index contributed by atoms with van der Waals surface area (Å²) in [6, 6.07) is 16.1. The van der Waals surface area contributed by atoms with Gasteiger partial charge in [0.25, 0.3) is 5.91 Å². The van der Waals surface area contributed by atoms with Gasteiger partial charge in [0, 0.05) is 40.3 Å². The fourth-order valence-electron chi connectivity index (χ4n) is 4.55. The van der Waals surface area contributed by atoms with Crippen molar-refractivity contribution in [2.45, 2.75) is 25.4 Å². The first-order valence-corrected chi connectivity index (χ1v) is 11.7. The number of carbonyl (C=O) groups excluding carboxylic acids is 2. The number of nitrogens with zero attached hydrogens (tertiary/aromatic N) is 1. The number of thiophene rings is 1. The van der Waals surface area contributed by atoms with E-state index >= 15 is 0 Å². The zero-order valence-electron chi connectivity index (χ0n) is 17.7. The lowest BCUT2D eigenvalue weighted by Gasteiger charge is -2.33. The van der Waals surface area contributed by atoms with E-state index in [9.17, 15) is 9.59 Å². The summed E-state index contributed by atoms with van der Waals surface area (Å²) in [6.07, 6.45) is 3.81. The molecule has 1 atom stereocenters. The van der Waals surface area contributed by atoms with E-state index in [1.807, 2.05) is 47.5 Å². The molecule has 0 bridgehead atoms. The van der Waals surface area contributed by atoms with Gasteiger partial charge in [-0.1, -0.05) is 36.4 Å². The lowest BCUT2D eigenvalue weighted by Crippen LogP contribution is -2.42. The number of nitrogens with two attached hydrogens (primary N) is 1. The Labute approximate surface area is 190 Å². The van der Waals surface area contributed by atoms with Gasteiger partial charge in [-0.3, -0.25) is 9.59 Å². The van der Waals surface area contributed by atoms with Gasteiger partial charge >= 0.3 is 0 Å². The Bertz CT molecular complexity index is 1290. The number of aromatic amines is 1. The average molecular weight is 448 g/mol. The number of aryl methyl sites for hydroxylation is 1. The van der Waals surface area contributed by atoms with Gasteiger partial charge < -0.3 is 20.4 Å². The number of carbonyl (C=O) groups is 2. The van der Waals surface area contributed by atoms with Crippen LogP contribution in [0.2, 0.25) is 0 Å². The number of amides is 2. The second-order valence-electron chi connectivity index (χ2n) is 8.12. The first kappa shape index (κ1) is 20.7. The van der Waals surface area contributed by atoms with Crippen LogP contribution in [-0.4, -0.2) is 41.4 Å². The number of rotatable bonds is 6. The molecule has 164 valence electrons. The highest BCUT2D eigenvalue weighted by atomic mass is 32.1. The molecule has 0 aliphatic carbocycles. The Morgan fingerprint density at radius 2 is 1.91 bits per heavy atom. The van der Waals surface area contributed by atoms with Crippen molar-refractivity contribution in [2.75, 3.05) is 19.7 Å². The van der Waals surface area contributed by atoms with Gasteiger partial charge in [-0.15, -0.1) is 11.3 Å². The van der Waals surface area contributed by atoms with Crippen LogP contribution in [0.4, 0.5) is 0 Å². The van der Waals surface area contributed by atoms with Gasteiger partial charge in [0.05, 0.1) is 18.0 Å². The number of hydrogen-bond donors (Lipinski definition) is 2. The molecular formula is C25H25N3O3S. The molecule has 2 aromatic heterocycles. The maximum atomic E-state index is 13.0. The molecule has 1 fully saturated rings. The quantitative estimate of drug-likeness (QED) is 0.459. The summed E-state index contributed by atoms with van der Waals surface area (Å²) < 4.78 is 7.02. The van der Waals surface area contributed by atoms with Crippen molar-refractivity contribution in [3.63, 3.8) is 0 Å². The molecule has 5 rings (SSSR count). The Hall–Kier alpha value is -3.16. The molecule has 1 aliphatic heterocycles. The monoisotopic (exact) mass is 447 g/mol. The molecule has 1 aliphatic rings. The van der Waals surface area contributed by atoms with E-state index in [1.54, 1.807) is 0 Å². The standard InChI is InChI=1S/C25H25N3O3S/c26-25(30)24-23(18-8-2-4-10-21(18)32-24)20-15-28(12-13-31-20)22(29)11-5-6-16-14-27-19-9-3-1-7-17(16)19/h1-4,7-10,14,20,27H,5-6,11-13,15H2,(H2,26,30)/t20-/m0/s1. The molecule has 1 saturated heterocycles. The van der Waals surface area contributed by atoms with Crippen molar-refractivity contribution in [1.82, 2.24) is 9.88 Å². The van der Waals surface area contributed by atoms with E-state index in [0.29, 0.717) is 31.0 Å². The number of benzene rings is 2.